The molecule has 2 heterocycles. The maximum Gasteiger partial charge on any atom is 0.254 e. The molecule has 0 unspecified atom stereocenters. The van der Waals surface area contributed by atoms with Crippen molar-refractivity contribution in [3.63, 3.8) is 0 Å². The van der Waals surface area contributed by atoms with Crippen LogP contribution in [0.2, 0.25) is 0 Å². The molecule has 3 N–H and O–H groups in total. The number of carbonyl (C=O) groups is 1. The van der Waals surface area contributed by atoms with Crippen LogP contribution in [-0.4, -0.2) is 69.4 Å². The summed E-state index contributed by atoms with van der Waals surface area (Å²) >= 11 is 0. The number of rotatable bonds is 8. The van der Waals surface area contributed by atoms with Gasteiger partial charge in [-0.2, -0.15) is 5.26 Å². The van der Waals surface area contributed by atoms with Crippen molar-refractivity contribution >= 4 is 27.3 Å². The number of allylic oxidation sites excluding steroid dienone is 3. The predicted molar refractivity (Wildman–Crippen MR) is 168 cm³/mol. The molecule has 0 bridgehead atoms. The van der Waals surface area contributed by atoms with Crippen molar-refractivity contribution in [2.75, 3.05) is 49.5 Å². The molecule has 4 rings (SSSR count). The van der Waals surface area contributed by atoms with Crippen LogP contribution >= 0.6 is 0 Å². The summed E-state index contributed by atoms with van der Waals surface area (Å²) in [5, 5.41) is 18.4. The molecule has 12 heteroatoms. The van der Waals surface area contributed by atoms with Crippen molar-refractivity contribution in [1.29, 1.82) is 5.26 Å². The summed E-state index contributed by atoms with van der Waals surface area (Å²) in [5.74, 6) is -1.32. The minimum Gasteiger partial charge on any atom is -0.382 e. The van der Waals surface area contributed by atoms with E-state index in [0.717, 1.165) is 35.7 Å². The van der Waals surface area contributed by atoms with Crippen LogP contribution in [0.1, 0.15) is 54.6 Å². The molecule has 2 fully saturated rings. The van der Waals surface area contributed by atoms with Crippen LogP contribution in [0, 0.1) is 31.0 Å². The number of amides is 1. The molecule has 1 amide bonds. The lowest BCUT2D eigenvalue weighted by atomic mass is 9.98. The highest BCUT2D eigenvalue weighted by Crippen LogP contribution is 2.31. The monoisotopic (exact) mass is 626 g/mol. The Bertz CT molecular complexity index is 1620. The smallest absolute Gasteiger partial charge is 0.254 e. The number of aryl methyl sites for hydroxylation is 2. The summed E-state index contributed by atoms with van der Waals surface area (Å²) in [6, 6.07) is 10.1. The van der Waals surface area contributed by atoms with Crippen LogP contribution in [0.5, 0.6) is 0 Å². The zero-order valence-electron chi connectivity index (χ0n) is 25.7. The lowest BCUT2D eigenvalue weighted by molar-refractivity contribution is 0.0746. The van der Waals surface area contributed by atoms with E-state index in [1.165, 1.54) is 12.1 Å². The number of hydrogen-bond donors (Lipinski definition) is 2. The summed E-state index contributed by atoms with van der Waals surface area (Å²) in [7, 11) is -4.27. The fourth-order valence-electron chi connectivity index (χ4n) is 5.96. The minimum atomic E-state index is -4.27. The van der Waals surface area contributed by atoms with Crippen LogP contribution in [0.15, 0.2) is 58.4 Å². The first-order valence-corrected chi connectivity index (χ1v) is 16.4. The van der Waals surface area contributed by atoms with Crippen molar-refractivity contribution in [3.05, 3.63) is 76.0 Å². The Morgan fingerprint density at radius 3 is 2.32 bits per heavy atom. The normalized spacial score (nSPS) is 17.3. The van der Waals surface area contributed by atoms with E-state index in [1.54, 1.807) is 29.7 Å². The summed E-state index contributed by atoms with van der Waals surface area (Å²) < 4.78 is 53.3. The van der Waals surface area contributed by atoms with E-state index in [1.807, 2.05) is 30.9 Å². The minimum absolute atomic E-state index is 0.112. The van der Waals surface area contributed by atoms with E-state index in [-0.39, 0.29) is 29.9 Å². The molecule has 0 atom stereocenters. The zero-order chi connectivity index (χ0) is 32.2. The van der Waals surface area contributed by atoms with E-state index in [9.17, 15) is 27.3 Å². The molecule has 0 radical (unpaired) electrons. The first-order valence-electron chi connectivity index (χ1n) is 14.8. The maximum absolute atomic E-state index is 14.7. The number of sulfonamides is 1. The van der Waals surface area contributed by atoms with Crippen molar-refractivity contribution in [1.82, 2.24) is 9.80 Å². The summed E-state index contributed by atoms with van der Waals surface area (Å²) in [6.07, 6.45) is 3.35. The summed E-state index contributed by atoms with van der Waals surface area (Å²) in [5.41, 5.74) is 4.20. The molecule has 44 heavy (non-hydrogen) atoms. The average Bonchev–Trinajstić information content (AvgIpc) is 3.00. The van der Waals surface area contributed by atoms with Crippen molar-refractivity contribution < 1.29 is 22.0 Å². The largest absolute Gasteiger partial charge is 0.382 e. The number of hydrogen-bond acceptors (Lipinski definition) is 7. The third kappa shape index (κ3) is 7.05. The van der Waals surface area contributed by atoms with Crippen LogP contribution in [0.25, 0.3) is 0 Å². The number of nitrogens with two attached hydrogens (primary N) is 1. The number of anilines is 2. The van der Waals surface area contributed by atoms with Gasteiger partial charge in [-0.05, 0) is 69.4 Å². The molecule has 0 saturated carbocycles. The topological polar surface area (TPSA) is 123 Å². The number of nitrogens with one attached hydrogen (secondary N) is 1. The molecule has 9 nitrogen and oxygen atoms in total. The zero-order valence-corrected chi connectivity index (χ0v) is 26.5. The molecule has 236 valence electrons. The molecule has 2 aromatic rings. The lowest BCUT2D eigenvalue weighted by Crippen LogP contribution is -2.49. The van der Waals surface area contributed by atoms with Gasteiger partial charge in [-0.15, -0.1) is 0 Å². The quantitative estimate of drug-likeness (QED) is 0.313. The number of piperidine rings is 1. The maximum atomic E-state index is 14.7. The van der Waals surface area contributed by atoms with Crippen molar-refractivity contribution in [2.45, 2.75) is 57.9 Å². The second kappa shape index (κ2) is 13.8. The Kier molecular flexibility index (Phi) is 10.3. The Morgan fingerprint density at radius 1 is 1.09 bits per heavy atom. The van der Waals surface area contributed by atoms with Gasteiger partial charge < -0.3 is 20.0 Å². The second-order valence-corrected chi connectivity index (χ2v) is 12.7. The van der Waals surface area contributed by atoms with Gasteiger partial charge in [0, 0.05) is 56.6 Å². The third-order valence-electron chi connectivity index (χ3n) is 8.34. The Morgan fingerprint density at radius 2 is 1.75 bits per heavy atom. The Labute approximate surface area is 258 Å². The first kappa shape index (κ1) is 33.0. The number of nitrogens with zero attached hydrogens (tertiary/aromatic N) is 4. The molecule has 2 aliphatic heterocycles. The van der Waals surface area contributed by atoms with Crippen LogP contribution in [0.3, 0.4) is 0 Å². The number of piperazine rings is 1. The highest BCUT2D eigenvalue weighted by atomic mass is 32.2. The fourth-order valence-corrected chi connectivity index (χ4v) is 6.79. The van der Waals surface area contributed by atoms with E-state index >= 15 is 0 Å². The van der Waals surface area contributed by atoms with Crippen LogP contribution in [0.4, 0.5) is 20.2 Å². The molecule has 2 saturated heterocycles. The van der Waals surface area contributed by atoms with Crippen molar-refractivity contribution in [2.24, 2.45) is 5.14 Å². The van der Waals surface area contributed by atoms with Gasteiger partial charge in [-0.1, -0.05) is 25.1 Å². The molecule has 2 aliphatic rings. The van der Waals surface area contributed by atoms with E-state index in [4.69, 9.17) is 5.14 Å². The number of primary sulfonamides is 1. The Balaban J connectivity index is 1.44. The van der Waals surface area contributed by atoms with Gasteiger partial charge in [0.25, 0.3) is 5.91 Å². The second-order valence-electron chi connectivity index (χ2n) is 11.2. The Hall–Kier alpha value is -3.95. The van der Waals surface area contributed by atoms with Gasteiger partial charge in [0.15, 0.2) is 0 Å². The molecule has 0 aliphatic carbocycles. The number of likely N-dealkylation sites (tertiary alicyclic amines) is 1. The molecular weight excluding hydrogens is 586 g/mol. The van der Waals surface area contributed by atoms with Gasteiger partial charge >= 0.3 is 0 Å². The number of carbonyl (C=O) groups excluding carboxylic acids is 1. The van der Waals surface area contributed by atoms with E-state index in [2.05, 4.69) is 11.4 Å². The number of nitriles is 1. The fraction of sp³-hybridized carbons (Fsp3) is 0.438. The summed E-state index contributed by atoms with van der Waals surface area (Å²) in [6.45, 7) is 9.85. The molecule has 0 spiro atoms. The van der Waals surface area contributed by atoms with Gasteiger partial charge in [-0.3, -0.25) is 4.79 Å². The van der Waals surface area contributed by atoms with Gasteiger partial charge in [0.05, 0.1) is 17.0 Å². The first-order chi connectivity index (χ1) is 20.9. The van der Waals surface area contributed by atoms with Gasteiger partial charge in [0.2, 0.25) is 10.0 Å². The molecule has 0 aromatic heterocycles. The average molecular weight is 627 g/mol. The molecule has 2 aromatic carbocycles. The van der Waals surface area contributed by atoms with Crippen LogP contribution in [-0.2, 0) is 10.0 Å². The SMILES string of the molecule is C/C=C(C#N)\C(=C(\F)CC)N1CCC(Nc2cc(C(=O)N3CCN(c4cccc(F)c4S(N)(=O)=O)CC3)c(C)cc2C)CC1. The van der Waals surface area contributed by atoms with E-state index in [0.29, 0.717) is 56.1 Å². The van der Waals surface area contributed by atoms with Crippen LogP contribution < -0.4 is 15.4 Å². The predicted octanol–water partition coefficient (Wildman–Crippen LogP) is 4.99. The number of benzene rings is 2. The van der Waals surface area contributed by atoms with E-state index < -0.39 is 20.7 Å². The van der Waals surface area contributed by atoms with Crippen molar-refractivity contribution in [3.8, 4) is 6.07 Å². The highest BCUT2D eigenvalue weighted by Gasteiger charge is 2.29. The highest BCUT2D eigenvalue weighted by molar-refractivity contribution is 7.89. The van der Waals surface area contributed by atoms with Gasteiger partial charge in [-0.25, -0.2) is 22.3 Å². The number of halogens is 2. The summed E-state index contributed by atoms with van der Waals surface area (Å²) in [4.78, 5) is 18.5. The van der Waals surface area contributed by atoms with Gasteiger partial charge in [0.1, 0.15) is 22.6 Å². The third-order valence-corrected chi connectivity index (χ3v) is 9.32. The lowest BCUT2D eigenvalue weighted by Gasteiger charge is -2.37. The standard InChI is InChI=1S/C32H40F2N6O3S/c1-5-23(20-35)30(26(33)6-2)39-12-10-24(11-13-39)37-28-19-25(21(3)18-22(28)4)32(41)40-16-14-38(15-17-40)29-9-7-8-27(34)31(29)44(36,42)43/h5,7-9,18-19,24,37H,6,10-17H2,1-4H3,(H2,36,42,43)/b23-5-,30-26-. The molecular formula is C32H40F2N6O3S.